The lowest BCUT2D eigenvalue weighted by Gasteiger charge is -2.39. The van der Waals surface area contributed by atoms with Crippen molar-refractivity contribution >= 4 is 5.91 Å². The van der Waals surface area contributed by atoms with Crippen molar-refractivity contribution in [2.24, 2.45) is 5.73 Å². The minimum atomic E-state index is -0.322. The van der Waals surface area contributed by atoms with Gasteiger partial charge in [-0.05, 0) is 26.0 Å². The summed E-state index contributed by atoms with van der Waals surface area (Å²) in [6, 6.07) is 5.47. The Hall–Kier alpha value is -1.50. The lowest BCUT2D eigenvalue weighted by atomic mass is 10.1. The Labute approximate surface area is 125 Å². The van der Waals surface area contributed by atoms with Gasteiger partial charge in [-0.2, -0.15) is 0 Å². The molecule has 1 fully saturated rings. The number of hydrogen-bond donors (Lipinski definition) is 2. The molecule has 2 atom stereocenters. The molecule has 21 heavy (non-hydrogen) atoms. The maximum Gasteiger partial charge on any atom is 0.239 e. The van der Waals surface area contributed by atoms with Crippen molar-refractivity contribution in [3.63, 3.8) is 0 Å². The topological polar surface area (TPSA) is 80.5 Å². The summed E-state index contributed by atoms with van der Waals surface area (Å²) in [7, 11) is 0. The zero-order valence-electron chi connectivity index (χ0n) is 12.7. The van der Waals surface area contributed by atoms with Crippen LogP contribution in [0.5, 0.6) is 0 Å². The highest BCUT2D eigenvalue weighted by molar-refractivity contribution is 5.82. The maximum absolute atomic E-state index is 12.4. The van der Waals surface area contributed by atoms with E-state index in [1.54, 1.807) is 6.20 Å². The van der Waals surface area contributed by atoms with Crippen LogP contribution < -0.4 is 11.1 Å². The summed E-state index contributed by atoms with van der Waals surface area (Å²) >= 11 is 0. The molecule has 3 N–H and O–H groups in total. The zero-order chi connectivity index (χ0) is 15.2. The number of aromatic nitrogens is 1. The van der Waals surface area contributed by atoms with Crippen LogP contribution in [-0.2, 0) is 9.53 Å². The Morgan fingerprint density at radius 2 is 2.38 bits per heavy atom. The fourth-order valence-electron chi connectivity index (χ4n) is 2.60. The number of amides is 1. The highest BCUT2D eigenvalue weighted by Gasteiger charge is 2.35. The van der Waals surface area contributed by atoms with Crippen molar-refractivity contribution in [3.05, 3.63) is 30.1 Å². The van der Waals surface area contributed by atoms with Crippen LogP contribution in [0.1, 0.15) is 25.6 Å². The van der Waals surface area contributed by atoms with Gasteiger partial charge in [-0.25, -0.2) is 0 Å². The second-order valence-corrected chi connectivity index (χ2v) is 5.50. The molecular weight excluding hydrogens is 268 g/mol. The van der Waals surface area contributed by atoms with E-state index in [-0.39, 0.29) is 24.0 Å². The molecule has 6 nitrogen and oxygen atoms in total. The van der Waals surface area contributed by atoms with Gasteiger partial charge in [0, 0.05) is 25.3 Å². The number of pyridine rings is 1. The highest BCUT2D eigenvalue weighted by Crippen LogP contribution is 2.22. The van der Waals surface area contributed by atoms with E-state index in [0.29, 0.717) is 26.3 Å². The van der Waals surface area contributed by atoms with Gasteiger partial charge in [0.05, 0.1) is 24.9 Å². The number of morpholine rings is 1. The molecule has 1 aliphatic heterocycles. The summed E-state index contributed by atoms with van der Waals surface area (Å²) in [5.41, 5.74) is 6.84. The van der Waals surface area contributed by atoms with Gasteiger partial charge in [0.2, 0.25) is 5.91 Å². The molecule has 1 aliphatic rings. The number of rotatable bonds is 5. The molecule has 0 aliphatic carbocycles. The predicted octanol–water partition coefficient (Wildman–Crippen LogP) is 0.307. The predicted molar refractivity (Wildman–Crippen MR) is 80.6 cm³/mol. The summed E-state index contributed by atoms with van der Waals surface area (Å²) in [6.45, 7) is 5.99. The van der Waals surface area contributed by atoms with Crippen molar-refractivity contribution in [1.82, 2.24) is 15.2 Å². The van der Waals surface area contributed by atoms with Crippen molar-refractivity contribution in [2.45, 2.75) is 32.0 Å². The van der Waals surface area contributed by atoms with Crippen LogP contribution in [0.2, 0.25) is 0 Å². The third-order valence-electron chi connectivity index (χ3n) is 3.56. The van der Waals surface area contributed by atoms with Crippen LogP contribution in [0, 0.1) is 0 Å². The zero-order valence-corrected chi connectivity index (χ0v) is 12.7. The van der Waals surface area contributed by atoms with Gasteiger partial charge in [0.1, 0.15) is 6.04 Å². The third kappa shape index (κ3) is 4.00. The van der Waals surface area contributed by atoms with Gasteiger partial charge >= 0.3 is 0 Å². The Morgan fingerprint density at radius 3 is 3.00 bits per heavy atom. The Kier molecular flexibility index (Phi) is 5.67. The molecule has 0 radical (unpaired) electrons. The quantitative estimate of drug-likeness (QED) is 0.816. The summed E-state index contributed by atoms with van der Waals surface area (Å²) in [6.07, 6.45) is 1.75. The van der Waals surface area contributed by atoms with Crippen molar-refractivity contribution in [3.8, 4) is 0 Å². The monoisotopic (exact) mass is 292 g/mol. The fourth-order valence-corrected chi connectivity index (χ4v) is 2.60. The normalized spacial score (nSPS) is 21.2. The molecule has 1 saturated heterocycles. The van der Waals surface area contributed by atoms with Crippen LogP contribution in [0.4, 0.5) is 0 Å². The summed E-state index contributed by atoms with van der Waals surface area (Å²) in [4.78, 5) is 18.9. The largest absolute Gasteiger partial charge is 0.378 e. The lowest BCUT2D eigenvalue weighted by molar-refractivity contribution is -0.135. The first-order chi connectivity index (χ1) is 10.1. The van der Waals surface area contributed by atoms with Gasteiger partial charge in [-0.3, -0.25) is 14.7 Å². The van der Waals surface area contributed by atoms with E-state index in [4.69, 9.17) is 10.5 Å². The number of nitrogens with one attached hydrogen (secondary N) is 1. The van der Waals surface area contributed by atoms with E-state index in [9.17, 15) is 4.79 Å². The van der Waals surface area contributed by atoms with Gasteiger partial charge in [-0.15, -0.1) is 0 Å². The molecule has 6 heteroatoms. The van der Waals surface area contributed by atoms with Crippen molar-refractivity contribution in [1.29, 1.82) is 0 Å². The van der Waals surface area contributed by atoms with Crippen LogP contribution in [0.25, 0.3) is 0 Å². The minimum absolute atomic E-state index is 0.0147. The van der Waals surface area contributed by atoms with E-state index >= 15 is 0 Å². The highest BCUT2D eigenvalue weighted by atomic mass is 16.5. The fraction of sp³-hybridized carbons (Fsp3) is 0.600. The molecule has 116 valence electrons. The summed E-state index contributed by atoms with van der Waals surface area (Å²) in [5, 5.41) is 2.95. The number of ether oxygens (including phenoxy) is 1. The van der Waals surface area contributed by atoms with Crippen molar-refractivity contribution in [2.75, 3.05) is 26.3 Å². The van der Waals surface area contributed by atoms with Gasteiger partial charge < -0.3 is 15.8 Å². The Bertz CT molecular complexity index is 452. The number of hydrogen-bond acceptors (Lipinski definition) is 5. The molecule has 0 aromatic carbocycles. The standard InChI is InChI=1S/C15H24N4O2/c1-11(2)18-15(20)14-10-21-8-7-19(14)13(9-16)12-5-3-4-6-17-12/h3-6,11,13-14H,7-10,16H2,1-2H3,(H,18,20). The molecule has 1 aromatic heterocycles. The van der Waals surface area contributed by atoms with Crippen LogP contribution in [0.15, 0.2) is 24.4 Å². The van der Waals surface area contributed by atoms with Crippen LogP contribution in [-0.4, -0.2) is 54.2 Å². The number of nitrogens with two attached hydrogens (primary N) is 1. The Morgan fingerprint density at radius 1 is 1.57 bits per heavy atom. The number of nitrogens with zero attached hydrogens (tertiary/aromatic N) is 2. The van der Waals surface area contributed by atoms with Gasteiger partial charge in [0.25, 0.3) is 0 Å². The average molecular weight is 292 g/mol. The molecule has 1 aromatic rings. The molecule has 0 bridgehead atoms. The summed E-state index contributed by atoms with van der Waals surface area (Å²) in [5.74, 6) is -0.0147. The first-order valence-electron chi connectivity index (χ1n) is 7.38. The van der Waals surface area contributed by atoms with Gasteiger partial charge in [-0.1, -0.05) is 6.07 Å². The third-order valence-corrected chi connectivity index (χ3v) is 3.56. The molecule has 2 heterocycles. The lowest BCUT2D eigenvalue weighted by Crippen LogP contribution is -2.56. The van der Waals surface area contributed by atoms with E-state index in [1.165, 1.54) is 0 Å². The summed E-state index contributed by atoms with van der Waals surface area (Å²) < 4.78 is 5.48. The Balaban J connectivity index is 2.18. The van der Waals surface area contributed by atoms with Crippen LogP contribution >= 0.6 is 0 Å². The molecule has 0 saturated carbocycles. The van der Waals surface area contributed by atoms with E-state index in [1.807, 2.05) is 32.0 Å². The second-order valence-electron chi connectivity index (χ2n) is 5.50. The molecule has 2 rings (SSSR count). The number of carbonyl (C=O) groups is 1. The molecule has 0 spiro atoms. The van der Waals surface area contributed by atoms with Gasteiger partial charge in [0.15, 0.2) is 0 Å². The second kappa shape index (κ2) is 7.49. The molecular formula is C15H24N4O2. The molecule has 1 amide bonds. The first-order valence-corrected chi connectivity index (χ1v) is 7.38. The number of carbonyl (C=O) groups excluding carboxylic acids is 1. The van der Waals surface area contributed by atoms with E-state index in [2.05, 4.69) is 15.2 Å². The minimum Gasteiger partial charge on any atom is -0.378 e. The molecule has 2 unspecified atom stereocenters. The SMILES string of the molecule is CC(C)NC(=O)C1COCCN1C(CN)c1ccccn1. The maximum atomic E-state index is 12.4. The first kappa shape index (κ1) is 15.9. The van der Waals surface area contributed by atoms with E-state index < -0.39 is 0 Å². The smallest absolute Gasteiger partial charge is 0.239 e. The van der Waals surface area contributed by atoms with Crippen LogP contribution in [0.3, 0.4) is 0 Å². The van der Waals surface area contributed by atoms with Crippen molar-refractivity contribution < 1.29 is 9.53 Å². The van der Waals surface area contributed by atoms with E-state index in [0.717, 1.165) is 5.69 Å². The average Bonchev–Trinajstić information content (AvgIpc) is 2.49.